The van der Waals surface area contributed by atoms with E-state index < -0.39 is 10.0 Å². The summed E-state index contributed by atoms with van der Waals surface area (Å²) in [4.78, 5) is 12.1. The van der Waals surface area contributed by atoms with Crippen molar-refractivity contribution in [2.45, 2.75) is 17.1 Å². The molecule has 0 unspecified atom stereocenters. The van der Waals surface area contributed by atoms with Crippen molar-refractivity contribution in [2.75, 3.05) is 18.9 Å². The van der Waals surface area contributed by atoms with Crippen molar-refractivity contribution < 1.29 is 13.2 Å². The van der Waals surface area contributed by atoms with E-state index in [0.29, 0.717) is 15.8 Å². The maximum Gasteiger partial charge on any atom is 0.252 e. The first-order chi connectivity index (χ1) is 13.0. The van der Waals surface area contributed by atoms with Crippen LogP contribution in [0.15, 0.2) is 52.1 Å². The Morgan fingerprint density at radius 1 is 1.15 bits per heavy atom. The lowest BCUT2D eigenvalue weighted by molar-refractivity contribution is -0.116. The summed E-state index contributed by atoms with van der Waals surface area (Å²) in [6.45, 7) is 0.263. The van der Waals surface area contributed by atoms with Crippen LogP contribution in [-0.4, -0.2) is 42.4 Å². The number of sulfonamides is 1. The van der Waals surface area contributed by atoms with Crippen molar-refractivity contribution in [3.05, 3.63) is 47.8 Å². The van der Waals surface area contributed by atoms with Crippen LogP contribution >= 0.6 is 22.7 Å². The molecule has 1 amide bonds. The molecule has 0 radical (unpaired) electrons. The van der Waals surface area contributed by atoms with E-state index in [0.717, 1.165) is 10.6 Å². The van der Waals surface area contributed by atoms with E-state index in [9.17, 15) is 13.2 Å². The van der Waals surface area contributed by atoms with Crippen molar-refractivity contribution in [1.82, 2.24) is 14.5 Å². The third-order valence-electron chi connectivity index (χ3n) is 3.73. The highest BCUT2D eigenvalue weighted by atomic mass is 32.2. The van der Waals surface area contributed by atoms with Crippen LogP contribution in [0.5, 0.6) is 0 Å². The van der Waals surface area contributed by atoms with Gasteiger partial charge in [-0.2, -0.15) is 0 Å². The smallest absolute Gasteiger partial charge is 0.252 e. The zero-order valence-corrected chi connectivity index (χ0v) is 17.0. The zero-order chi connectivity index (χ0) is 19.3. The fraction of sp³-hybridized carbons (Fsp3) is 0.235. The van der Waals surface area contributed by atoms with Crippen LogP contribution < -0.4 is 5.32 Å². The number of nitrogens with one attached hydrogen (secondary N) is 1. The molecule has 0 aliphatic rings. The van der Waals surface area contributed by atoms with E-state index >= 15 is 0 Å². The van der Waals surface area contributed by atoms with Crippen molar-refractivity contribution in [2.24, 2.45) is 0 Å². The number of aromatic nitrogens is 2. The molecule has 1 aromatic carbocycles. The normalized spacial score (nSPS) is 11.6. The first-order valence-electron chi connectivity index (χ1n) is 8.15. The lowest BCUT2D eigenvalue weighted by Gasteiger charge is -2.15. The summed E-state index contributed by atoms with van der Waals surface area (Å²) >= 11 is 2.47. The number of nitrogens with zero attached hydrogens (tertiary/aromatic N) is 3. The van der Waals surface area contributed by atoms with Crippen molar-refractivity contribution in [3.8, 4) is 10.6 Å². The number of hydrogen-bond donors (Lipinski definition) is 1. The minimum Gasteiger partial charge on any atom is -0.301 e. The Labute approximate surface area is 165 Å². The second kappa shape index (κ2) is 8.70. The molecule has 1 N–H and O–H groups in total. The first kappa shape index (κ1) is 19.6. The van der Waals surface area contributed by atoms with E-state index in [1.54, 1.807) is 17.5 Å². The Bertz CT molecular complexity index is 986. The van der Waals surface area contributed by atoms with Gasteiger partial charge in [0.05, 0.1) is 0 Å². The van der Waals surface area contributed by atoms with Gasteiger partial charge in [0.1, 0.15) is 9.22 Å². The SMILES string of the molecule is CN(CCCC(=O)Nc1nnc(-c2ccccc2)s1)S(=O)(=O)c1cccs1. The van der Waals surface area contributed by atoms with Crippen LogP contribution in [0.4, 0.5) is 5.13 Å². The fourth-order valence-corrected chi connectivity index (χ4v) is 5.47. The van der Waals surface area contributed by atoms with Crippen molar-refractivity contribution in [1.29, 1.82) is 0 Å². The Hall–Kier alpha value is -2.14. The number of amides is 1. The molecule has 0 bridgehead atoms. The monoisotopic (exact) mass is 422 g/mol. The average Bonchev–Trinajstić information content (AvgIpc) is 3.34. The molecule has 0 atom stereocenters. The second-order valence-corrected chi connectivity index (χ2v) is 9.89. The van der Waals surface area contributed by atoms with Crippen LogP contribution in [0.2, 0.25) is 0 Å². The minimum atomic E-state index is -3.48. The summed E-state index contributed by atoms with van der Waals surface area (Å²) in [5.41, 5.74) is 0.941. The quantitative estimate of drug-likeness (QED) is 0.601. The van der Waals surface area contributed by atoms with Crippen LogP contribution in [0.3, 0.4) is 0 Å². The number of anilines is 1. The van der Waals surface area contributed by atoms with Gasteiger partial charge >= 0.3 is 0 Å². The number of carbonyl (C=O) groups excluding carboxylic acids is 1. The van der Waals surface area contributed by atoms with E-state index in [1.807, 2.05) is 30.3 Å². The number of hydrogen-bond acceptors (Lipinski definition) is 7. The van der Waals surface area contributed by atoms with Gasteiger partial charge in [0.15, 0.2) is 0 Å². The van der Waals surface area contributed by atoms with Crippen molar-refractivity contribution in [3.63, 3.8) is 0 Å². The molecule has 7 nitrogen and oxygen atoms in total. The molecule has 10 heteroatoms. The Morgan fingerprint density at radius 3 is 2.63 bits per heavy atom. The van der Waals surface area contributed by atoms with Gasteiger partial charge < -0.3 is 5.32 Å². The third kappa shape index (κ3) is 4.98. The molecule has 2 heterocycles. The molecule has 0 spiro atoms. The van der Waals surface area contributed by atoms with Gasteiger partial charge in [-0.05, 0) is 17.9 Å². The lowest BCUT2D eigenvalue weighted by atomic mass is 10.2. The summed E-state index contributed by atoms with van der Waals surface area (Å²) < 4.78 is 26.2. The highest BCUT2D eigenvalue weighted by molar-refractivity contribution is 7.91. The molecule has 2 aromatic heterocycles. The summed E-state index contributed by atoms with van der Waals surface area (Å²) in [5, 5.41) is 13.6. The first-order valence-corrected chi connectivity index (χ1v) is 11.3. The van der Waals surface area contributed by atoms with E-state index in [-0.39, 0.29) is 18.9 Å². The standard InChI is InChI=1S/C17H18N4O3S3/c1-21(27(23,24)15-10-6-12-25-15)11-5-9-14(22)18-17-20-19-16(26-17)13-7-3-2-4-8-13/h2-4,6-8,10,12H,5,9,11H2,1H3,(H,18,20,22). The van der Waals surface area contributed by atoms with E-state index in [2.05, 4.69) is 15.5 Å². The number of carbonyl (C=O) groups is 1. The zero-order valence-electron chi connectivity index (χ0n) is 14.5. The molecule has 0 saturated carbocycles. The topological polar surface area (TPSA) is 92.3 Å². The van der Waals surface area contributed by atoms with Gasteiger partial charge in [0, 0.05) is 25.6 Å². The lowest BCUT2D eigenvalue weighted by Crippen LogP contribution is -2.28. The van der Waals surface area contributed by atoms with Crippen molar-refractivity contribution >= 4 is 43.7 Å². The van der Waals surface area contributed by atoms with Gasteiger partial charge in [-0.1, -0.05) is 47.7 Å². The molecular formula is C17H18N4O3S3. The summed E-state index contributed by atoms with van der Waals surface area (Å²) in [6, 6.07) is 12.9. The van der Waals surface area contributed by atoms with Crippen LogP contribution in [0.1, 0.15) is 12.8 Å². The van der Waals surface area contributed by atoms with Crippen LogP contribution in [0, 0.1) is 0 Å². The highest BCUT2D eigenvalue weighted by Gasteiger charge is 2.21. The van der Waals surface area contributed by atoms with Gasteiger partial charge in [0.2, 0.25) is 11.0 Å². The maximum absolute atomic E-state index is 12.3. The third-order valence-corrected chi connectivity index (χ3v) is 7.85. The predicted octanol–water partition coefficient (Wildman–Crippen LogP) is 3.31. The second-order valence-electron chi connectivity index (χ2n) is 5.69. The predicted molar refractivity (Wildman–Crippen MR) is 107 cm³/mol. The van der Waals surface area contributed by atoms with E-state index in [1.165, 1.54) is 34.0 Å². The molecule has 142 valence electrons. The Kier molecular flexibility index (Phi) is 6.32. The Balaban J connectivity index is 1.48. The fourth-order valence-electron chi connectivity index (χ4n) is 2.30. The summed E-state index contributed by atoms with van der Waals surface area (Å²) in [7, 11) is -1.96. The largest absolute Gasteiger partial charge is 0.301 e. The van der Waals surface area contributed by atoms with Gasteiger partial charge in [-0.15, -0.1) is 21.5 Å². The highest BCUT2D eigenvalue weighted by Crippen LogP contribution is 2.26. The minimum absolute atomic E-state index is 0.199. The molecule has 0 aliphatic heterocycles. The van der Waals surface area contributed by atoms with Gasteiger partial charge in [-0.3, -0.25) is 4.79 Å². The molecule has 3 rings (SSSR count). The molecule has 27 heavy (non-hydrogen) atoms. The van der Waals surface area contributed by atoms with E-state index in [4.69, 9.17) is 0 Å². The Morgan fingerprint density at radius 2 is 1.93 bits per heavy atom. The maximum atomic E-state index is 12.3. The van der Waals surface area contributed by atoms with Crippen LogP contribution in [-0.2, 0) is 14.8 Å². The molecular weight excluding hydrogens is 404 g/mol. The molecule has 0 fully saturated rings. The molecule has 3 aromatic rings. The summed E-state index contributed by atoms with van der Waals surface area (Å²) in [6.07, 6.45) is 0.613. The van der Waals surface area contributed by atoms with Gasteiger partial charge in [0.25, 0.3) is 10.0 Å². The molecule has 0 aliphatic carbocycles. The number of rotatable bonds is 8. The average molecular weight is 423 g/mol. The number of thiophene rings is 1. The number of benzene rings is 1. The molecule has 0 saturated heterocycles. The summed E-state index contributed by atoms with van der Waals surface area (Å²) in [5.74, 6) is -0.215. The van der Waals surface area contributed by atoms with Gasteiger partial charge in [-0.25, -0.2) is 12.7 Å². The van der Waals surface area contributed by atoms with Crippen LogP contribution in [0.25, 0.3) is 10.6 Å².